The standard InChI is InChI=1S/C45H27N5/c1-4-35-27-46-23-20-36(35)37(6-1)41-19-17-31-13-15-33(26-43(31)50-41)32-14-12-30-16-18-40(49-42(30)25-32)29-10-8-28(9-11-29)39-24-34-5-2-21-47-44(34)45-38(39)7-3-22-48-45/h1-27H. The lowest BCUT2D eigenvalue weighted by Gasteiger charge is -2.11. The van der Waals surface area contributed by atoms with Crippen molar-refractivity contribution in [2.45, 2.75) is 0 Å². The monoisotopic (exact) mass is 637 g/mol. The summed E-state index contributed by atoms with van der Waals surface area (Å²) in [7, 11) is 0. The molecule has 0 fully saturated rings. The van der Waals surface area contributed by atoms with Crippen molar-refractivity contribution in [1.29, 1.82) is 0 Å². The number of rotatable bonds is 4. The van der Waals surface area contributed by atoms with Crippen LogP contribution in [0, 0.1) is 0 Å². The van der Waals surface area contributed by atoms with Gasteiger partial charge in [-0.05, 0) is 76.2 Å². The fourth-order valence-corrected chi connectivity index (χ4v) is 7.09. The molecule has 10 rings (SSSR count). The Balaban J connectivity index is 0.998. The van der Waals surface area contributed by atoms with E-state index in [1.54, 1.807) is 0 Å². The zero-order valence-electron chi connectivity index (χ0n) is 26.8. The van der Waals surface area contributed by atoms with Crippen LogP contribution >= 0.6 is 0 Å². The van der Waals surface area contributed by atoms with Crippen LogP contribution in [-0.4, -0.2) is 24.9 Å². The minimum absolute atomic E-state index is 0.918. The molecule has 0 bridgehead atoms. The van der Waals surface area contributed by atoms with Crippen molar-refractivity contribution in [3.05, 3.63) is 164 Å². The van der Waals surface area contributed by atoms with Crippen LogP contribution in [0.1, 0.15) is 0 Å². The van der Waals surface area contributed by atoms with E-state index in [1.165, 1.54) is 0 Å². The predicted octanol–water partition coefficient (Wildman–Crippen LogP) is 11.1. The summed E-state index contributed by atoms with van der Waals surface area (Å²) in [5, 5.41) is 6.63. The van der Waals surface area contributed by atoms with Crippen LogP contribution in [-0.2, 0) is 0 Å². The van der Waals surface area contributed by atoms with E-state index < -0.39 is 0 Å². The first kappa shape index (κ1) is 28.2. The summed E-state index contributed by atoms with van der Waals surface area (Å²) in [5.74, 6) is 0. The summed E-state index contributed by atoms with van der Waals surface area (Å²) in [5.41, 5.74) is 12.3. The summed E-state index contributed by atoms with van der Waals surface area (Å²) in [6, 6.07) is 48.9. The van der Waals surface area contributed by atoms with Gasteiger partial charge in [0.25, 0.3) is 0 Å². The molecule has 232 valence electrons. The number of pyridine rings is 5. The fraction of sp³-hybridized carbons (Fsp3) is 0. The third-order valence-electron chi connectivity index (χ3n) is 9.63. The van der Waals surface area contributed by atoms with Gasteiger partial charge in [0.15, 0.2) is 0 Å². The van der Waals surface area contributed by atoms with Crippen LogP contribution in [0.5, 0.6) is 0 Å². The van der Waals surface area contributed by atoms with E-state index in [2.05, 4.69) is 142 Å². The minimum atomic E-state index is 0.918. The molecule has 0 aliphatic rings. The van der Waals surface area contributed by atoms with Gasteiger partial charge in [0.2, 0.25) is 0 Å². The van der Waals surface area contributed by atoms with Crippen molar-refractivity contribution in [2.75, 3.05) is 0 Å². The van der Waals surface area contributed by atoms with Crippen LogP contribution in [0.4, 0.5) is 0 Å². The second-order valence-electron chi connectivity index (χ2n) is 12.6. The fourth-order valence-electron chi connectivity index (χ4n) is 7.09. The molecule has 0 aliphatic heterocycles. The highest BCUT2D eigenvalue weighted by Gasteiger charge is 2.12. The minimum Gasteiger partial charge on any atom is -0.264 e. The highest BCUT2D eigenvalue weighted by atomic mass is 14.7. The molecule has 0 unspecified atom stereocenters. The predicted molar refractivity (Wildman–Crippen MR) is 205 cm³/mol. The van der Waals surface area contributed by atoms with Crippen molar-refractivity contribution >= 4 is 54.4 Å². The lowest BCUT2D eigenvalue weighted by Crippen LogP contribution is -1.90. The molecule has 0 N–H and O–H groups in total. The number of aromatic nitrogens is 5. The van der Waals surface area contributed by atoms with Crippen LogP contribution < -0.4 is 0 Å². The van der Waals surface area contributed by atoms with Crippen LogP contribution in [0.25, 0.3) is 99.2 Å². The first-order chi connectivity index (χ1) is 24.7. The van der Waals surface area contributed by atoms with Crippen LogP contribution in [0.3, 0.4) is 0 Å². The Morgan fingerprint density at radius 2 is 1.00 bits per heavy atom. The Morgan fingerprint density at radius 1 is 0.360 bits per heavy atom. The van der Waals surface area contributed by atoms with Gasteiger partial charge in [0.1, 0.15) is 0 Å². The molecule has 5 heteroatoms. The molecule has 10 aromatic rings. The molecule has 5 nitrogen and oxygen atoms in total. The lowest BCUT2D eigenvalue weighted by atomic mass is 9.96. The van der Waals surface area contributed by atoms with Crippen molar-refractivity contribution in [3.8, 4) is 44.8 Å². The highest BCUT2D eigenvalue weighted by Crippen LogP contribution is 2.35. The number of nitrogens with zero attached hydrogens (tertiary/aromatic N) is 5. The van der Waals surface area contributed by atoms with Gasteiger partial charge in [-0.3, -0.25) is 15.0 Å². The first-order valence-electron chi connectivity index (χ1n) is 16.6. The van der Waals surface area contributed by atoms with E-state index in [4.69, 9.17) is 9.97 Å². The van der Waals surface area contributed by atoms with E-state index >= 15 is 0 Å². The molecule has 5 aromatic heterocycles. The molecule has 0 atom stereocenters. The summed E-state index contributed by atoms with van der Waals surface area (Å²) in [6.07, 6.45) is 7.39. The van der Waals surface area contributed by atoms with Gasteiger partial charge in [-0.25, -0.2) is 9.97 Å². The first-order valence-corrected chi connectivity index (χ1v) is 16.6. The molecule has 0 spiro atoms. The SMILES string of the molecule is c1cc(-c2ccc3ccc(-c4ccc5ccc(-c6ccc(-c7cc8cccnc8c8ncccc78)cc6)nc5c4)cc3n2)c2ccncc2c1. The quantitative estimate of drug-likeness (QED) is 0.180. The normalized spacial score (nSPS) is 11.6. The Kier molecular flexibility index (Phi) is 6.42. The smallest absolute Gasteiger partial charge is 0.0970 e. The Labute approximate surface area is 287 Å². The van der Waals surface area contributed by atoms with E-state index in [1.807, 2.05) is 36.9 Å². The Morgan fingerprint density at radius 3 is 1.80 bits per heavy atom. The van der Waals surface area contributed by atoms with E-state index in [9.17, 15) is 0 Å². The van der Waals surface area contributed by atoms with E-state index in [-0.39, 0.29) is 0 Å². The average molecular weight is 638 g/mol. The maximum Gasteiger partial charge on any atom is 0.0970 e. The number of hydrogen-bond acceptors (Lipinski definition) is 5. The third kappa shape index (κ3) is 4.75. The molecule has 5 aromatic carbocycles. The maximum absolute atomic E-state index is 5.13. The van der Waals surface area contributed by atoms with Gasteiger partial charge < -0.3 is 0 Å². The Hall–Kier alpha value is -6.85. The van der Waals surface area contributed by atoms with Gasteiger partial charge in [-0.2, -0.15) is 0 Å². The largest absolute Gasteiger partial charge is 0.264 e. The van der Waals surface area contributed by atoms with Gasteiger partial charge in [0, 0.05) is 62.8 Å². The molecule has 50 heavy (non-hydrogen) atoms. The summed E-state index contributed by atoms with van der Waals surface area (Å²) in [6.45, 7) is 0. The van der Waals surface area contributed by atoms with Gasteiger partial charge >= 0.3 is 0 Å². The Bertz CT molecular complexity index is 2930. The average Bonchev–Trinajstić information content (AvgIpc) is 3.19. The molecule has 0 radical (unpaired) electrons. The number of fused-ring (bicyclic) bond motifs is 6. The molecule has 5 heterocycles. The molecule has 0 aliphatic carbocycles. The van der Waals surface area contributed by atoms with Gasteiger partial charge in [-0.1, -0.05) is 91.0 Å². The topological polar surface area (TPSA) is 64.5 Å². The van der Waals surface area contributed by atoms with Crippen LogP contribution in [0.15, 0.2) is 164 Å². The number of hydrogen-bond donors (Lipinski definition) is 0. The zero-order valence-corrected chi connectivity index (χ0v) is 26.8. The van der Waals surface area contributed by atoms with E-state index in [0.717, 1.165) is 99.2 Å². The molecular formula is C45H27N5. The maximum atomic E-state index is 5.13. The van der Waals surface area contributed by atoms with Crippen molar-refractivity contribution in [1.82, 2.24) is 24.9 Å². The second kappa shape index (κ2) is 11.4. The third-order valence-corrected chi connectivity index (χ3v) is 9.63. The van der Waals surface area contributed by atoms with Crippen molar-refractivity contribution in [3.63, 3.8) is 0 Å². The lowest BCUT2D eigenvalue weighted by molar-refractivity contribution is 1.36. The molecule has 0 amide bonds. The van der Waals surface area contributed by atoms with Crippen LogP contribution in [0.2, 0.25) is 0 Å². The molecule has 0 saturated heterocycles. The molecular weight excluding hydrogens is 611 g/mol. The van der Waals surface area contributed by atoms with Gasteiger partial charge in [0.05, 0.1) is 33.5 Å². The highest BCUT2D eigenvalue weighted by molar-refractivity contribution is 6.10. The summed E-state index contributed by atoms with van der Waals surface area (Å²) >= 11 is 0. The van der Waals surface area contributed by atoms with Gasteiger partial charge in [-0.15, -0.1) is 0 Å². The van der Waals surface area contributed by atoms with E-state index in [0.29, 0.717) is 0 Å². The summed E-state index contributed by atoms with van der Waals surface area (Å²) in [4.78, 5) is 23.8. The molecule has 0 saturated carbocycles. The summed E-state index contributed by atoms with van der Waals surface area (Å²) < 4.78 is 0. The van der Waals surface area contributed by atoms with Crippen molar-refractivity contribution in [2.24, 2.45) is 0 Å². The number of benzene rings is 5. The van der Waals surface area contributed by atoms with Crippen molar-refractivity contribution < 1.29 is 0 Å². The zero-order chi connectivity index (χ0) is 33.0. The second-order valence-corrected chi connectivity index (χ2v) is 12.6.